The number of ether oxygens (including phenoxy) is 1. The summed E-state index contributed by atoms with van der Waals surface area (Å²) in [5.41, 5.74) is 0.940. The van der Waals surface area contributed by atoms with E-state index in [2.05, 4.69) is 40.2 Å². The van der Waals surface area contributed by atoms with Crippen LogP contribution in [0.3, 0.4) is 0 Å². The maximum absolute atomic E-state index is 13.0. The monoisotopic (exact) mass is 430 g/mol. The maximum atomic E-state index is 13.0. The molecule has 1 unspecified atom stereocenters. The van der Waals surface area contributed by atoms with E-state index < -0.39 is 17.2 Å². The van der Waals surface area contributed by atoms with E-state index in [9.17, 15) is 9.59 Å². The summed E-state index contributed by atoms with van der Waals surface area (Å²) in [6.07, 6.45) is 0.213. The highest BCUT2D eigenvalue weighted by atomic mass is 16.6. The zero-order valence-electron chi connectivity index (χ0n) is 19.7. The first-order valence-corrected chi connectivity index (χ1v) is 11.4. The van der Waals surface area contributed by atoms with Gasteiger partial charge in [0.05, 0.1) is 0 Å². The summed E-state index contributed by atoms with van der Waals surface area (Å²) in [5.74, 6) is -0.129. The van der Waals surface area contributed by atoms with Crippen LogP contribution in [0.2, 0.25) is 0 Å². The van der Waals surface area contributed by atoms with Gasteiger partial charge in [0.2, 0.25) is 5.91 Å². The van der Waals surface area contributed by atoms with Gasteiger partial charge in [0, 0.05) is 45.8 Å². The third-order valence-electron chi connectivity index (χ3n) is 6.38. The third kappa shape index (κ3) is 5.77. The minimum atomic E-state index is -0.853. The lowest BCUT2D eigenvalue weighted by atomic mass is 9.86. The molecular formula is C24H38N4O3. The van der Waals surface area contributed by atoms with Crippen LogP contribution in [0.25, 0.3) is 0 Å². The second kappa shape index (κ2) is 9.57. The second-order valence-corrected chi connectivity index (χ2v) is 9.82. The molecule has 2 aliphatic heterocycles. The Bertz CT molecular complexity index is 783. The largest absolute Gasteiger partial charge is 0.444 e. The molecule has 2 amide bonds. The zero-order chi connectivity index (χ0) is 22.6. The lowest BCUT2D eigenvalue weighted by Gasteiger charge is -2.48. The fraction of sp³-hybridized carbons (Fsp3) is 0.667. The van der Waals surface area contributed by atoms with E-state index in [0.717, 1.165) is 44.8 Å². The van der Waals surface area contributed by atoms with Crippen molar-refractivity contribution in [2.75, 3.05) is 39.3 Å². The van der Waals surface area contributed by atoms with Crippen molar-refractivity contribution in [2.45, 2.75) is 65.3 Å². The van der Waals surface area contributed by atoms with Gasteiger partial charge in [0.1, 0.15) is 11.1 Å². The number of likely N-dealkylation sites (tertiary alicyclic amines) is 1. The molecule has 0 aromatic heterocycles. The van der Waals surface area contributed by atoms with Crippen molar-refractivity contribution in [3.63, 3.8) is 0 Å². The number of likely N-dealkylation sites (N-methyl/N-ethyl adjacent to an activating group) is 1. The van der Waals surface area contributed by atoms with Crippen LogP contribution >= 0.6 is 0 Å². The van der Waals surface area contributed by atoms with Gasteiger partial charge in [-0.15, -0.1) is 0 Å². The smallest absolute Gasteiger partial charge is 0.411 e. The number of hydrogen-bond acceptors (Lipinski definition) is 5. The van der Waals surface area contributed by atoms with Crippen LogP contribution < -0.4 is 5.32 Å². The van der Waals surface area contributed by atoms with Crippen LogP contribution in [0.4, 0.5) is 4.79 Å². The highest BCUT2D eigenvalue weighted by Crippen LogP contribution is 2.32. The van der Waals surface area contributed by atoms with Crippen molar-refractivity contribution in [2.24, 2.45) is 0 Å². The summed E-state index contributed by atoms with van der Waals surface area (Å²) in [6, 6.07) is 8.29. The Morgan fingerprint density at radius 2 is 1.65 bits per heavy atom. The Morgan fingerprint density at radius 1 is 1.03 bits per heavy atom. The van der Waals surface area contributed by atoms with Gasteiger partial charge in [-0.25, -0.2) is 4.79 Å². The summed E-state index contributed by atoms with van der Waals surface area (Å²) in [6.45, 7) is 16.9. The average Bonchev–Trinajstić information content (AvgIpc) is 2.70. The SMILES string of the molecule is CCN1CCN(Cc2ccccc2CNC(=O)C2(C)CCN2C(=O)OC(C)(C)C)CC1. The number of nitrogens with zero attached hydrogens (tertiary/aromatic N) is 3. The van der Waals surface area contributed by atoms with E-state index >= 15 is 0 Å². The summed E-state index contributed by atoms with van der Waals surface area (Å²) in [7, 11) is 0. The summed E-state index contributed by atoms with van der Waals surface area (Å²) >= 11 is 0. The van der Waals surface area contributed by atoms with Gasteiger partial charge in [0.15, 0.2) is 0 Å². The summed E-state index contributed by atoms with van der Waals surface area (Å²) in [5, 5.41) is 3.07. The van der Waals surface area contributed by atoms with E-state index in [-0.39, 0.29) is 5.91 Å². The van der Waals surface area contributed by atoms with Crippen molar-refractivity contribution in [1.82, 2.24) is 20.0 Å². The van der Waals surface area contributed by atoms with E-state index in [1.165, 1.54) is 10.5 Å². The molecule has 2 aliphatic rings. The van der Waals surface area contributed by atoms with Gasteiger partial charge in [-0.05, 0) is 51.8 Å². The molecule has 7 heteroatoms. The molecule has 172 valence electrons. The normalized spacial score (nSPS) is 22.7. The minimum absolute atomic E-state index is 0.129. The van der Waals surface area contributed by atoms with E-state index in [0.29, 0.717) is 19.5 Å². The topological polar surface area (TPSA) is 65.1 Å². The van der Waals surface area contributed by atoms with Gasteiger partial charge in [-0.3, -0.25) is 14.6 Å². The van der Waals surface area contributed by atoms with E-state index in [1.807, 2.05) is 33.8 Å². The number of benzene rings is 1. The summed E-state index contributed by atoms with van der Waals surface area (Å²) in [4.78, 5) is 31.9. The van der Waals surface area contributed by atoms with Crippen molar-refractivity contribution in [3.05, 3.63) is 35.4 Å². The first-order chi connectivity index (χ1) is 14.6. The molecule has 2 heterocycles. The Morgan fingerprint density at radius 3 is 2.19 bits per heavy atom. The van der Waals surface area contributed by atoms with Gasteiger partial charge in [-0.1, -0.05) is 31.2 Å². The quantitative estimate of drug-likeness (QED) is 0.752. The van der Waals surface area contributed by atoms with Crippen molar-refractivity contribution < 1.29 is 14.3 Å². The molecule has 31 heavy (non-hydrogen) atoms. The molecular weight excluding hydrogens is 392 g/mol. The van der Waals surface area contributed by atoms with Gasteiger partial charge >= 0.3 is 6.09 Å². The third-order valence-corrected chi connectivity index (χ3v) is 6.38. The number of amides is 2. The van der Waals surface area contributed by atoms with Crippen LogP contribution in [-0.2, 0) is 22.6 Å². The Labute approximate surface area is 186 Å². The molecule has 2 saturated heterocycles. The molecule has 0 aliphatic carbocycles. The first kappa shape index (κ1) is 23.5. The summed E-state index contributed by atoms with van der Waals surface area (Å²) < 4.78 is 5.47. The first-order valence-electron chi connectivity index (χ1n) is 11.4. The van der Waals surface area contributed by atoms with Crippen molar-refractivity contribution in [1.29, 1.82) is 0 Å². The van der Waals surface area contributed by atoms with Crippen LogP contribution in [0.1, 0.15) is 52.2 Å². The van der Waals surface area contributed by atoms with Gasteiger partial charge in [-0.2, -0.15) is 0 Å². The molecule has 1 aromatic carbocycles. The predicted octanol–water partition coefficient (Wildman–Crippen LogP) is 2.84. The molecule has 3 rings (SSSR count). The van der Waals surface area contributed by atoms with E-state index in [1.54, 1.807) is 0 Å². The molecule has 1 N–H and O–H groups in total. The number of hydrogen-bond donors (Lipinski definition) is 1. The number of rotatable bonds is 6. The molecule has 1 aromatic rings. The molecule has 0 spiro atoms. The van der Waals surface area contributed by atoms with E-state index in [4.69, 9.17) is 4.74 Å². The van der Waals surface area contributed by atoms with Crippen LogP contribution in [0.5, 0.6) is 0 Å². The number of carbonyl (C=O) groups excluding carboxylic acids is 2. The van der Waals surface area contributed by atoms with Crippen LogP contribution in [-0.4, -0.2) is 77.1 Å². The number of nitrogens with one attached hydrogen (secondary N) is 1. The highest BCUT2D eigenvalue weighted by Gasteiger charge is 2.50. The average molecular weight is 431 g/mol. The second-order valence-electron chi connectivity index (χ2n) is 9.82. The van der Waals surface area contributed by atoms with Crippen molar-refractivity contribution >= 4 is 12.0 Å². The predicted molar refractivity (Wildman–Crippen MR) is 122 cm³/mol. The lowest BCUT2D eigenvalue weighted by Crippen LogP contribution is -2.67. The minimum Gasteiger partial charge on any atom is -0.444 e. The Hall–Kier alpha value is -2.12. The zero-order valence-corrected chi connectivity index (χ0v) is 19.7. The lowest BCUT2D eigenvalue weighted by molar-refractivity contribution is -0.140. The fourth-order valence-electron chi connectivity index (χ4n) is 4.16. The number of carbonyl (C=O) groups is 2. The van der Waals surface area contributed by atoms with Gasteiger partial charge < -0.3 is 15.0 Å². The molecule has 2 fully saturated rings. The molecule has 0 bridgehead atoms. The fourth-order valence-corrected chi connectivity index (χ4v) is 4.16. The van der Waals surface area contributed by atoms with Crippen molar-refractivity contribution in [3.8, 4) is 0 Å². The van der Waals surface area contributed by atoms with Crippen LogP contribution in [0.15, 0.2) is 24.3 Å². The molecule has 0 saturated carbocycles. The molecule has 0 radical (unpaired) electrons. The molecule has 1 atom stereocenters. The van der Waals surface area contributed by atoms with Crippen LogP contribution in [0, 0.1) is 0 Å². The highest BCUT2D eigenvalue weighted by molar-refractivity contribution is 5.91. The maximum Gasteiger partial charge on any atom is 0.411 e. The molecule has 7 nitrogen and oxygen atoms in total. The standard InChI is InChI=1S/C24H38N4O3/c1-6-26-13-15-27(16-14-26)18-20-10-8-7-9-19(20)17-25-21(29)24(5)11-12-28(24)22(30)31-23(2,3)4/h7-10H,6,11-18H2,1-5H3,(H,25,29). The number of piperazine rings is 1. The van der Waals surface area contributed by atoms with Gasteiger partial charge in [0.25, 0.3) is 0 Å². The Balaban J connectivity index is 1.57. The Kier molecular flexibility index (Phi) is 7.27.